The van der Waals surface area contributed by atoms with E-state index in [2.05, 4.69) is 47.6 Å². The molecule has 16 heavy (non-hydrogen) atoms. The number of rotatable bonds is 5. The van der Waals surface area contributed by atoms with Gasteiger partial charge in [0.15, 0.2) is 0 Å². The van der Waals surface area contributed by atoms with Crippen LogP contribution in [0.4, 0.5) is 0 Å². The maximum Gasteiger partial charge on any atom is 0.0190 e. The van der Waals surface area contributed by atoms with Crippen molar-refractivity contribution in [3.05, 3.63) is 22.8 Å². The van der Waals surface area contributed by atoms with Gasteiger partial charge in [-0.3, -0.25) is 0 Å². The number of hydrogen-bond donors (Lipinski definition) is 0. The number of allylic oxidation sites excluding steroid dienone is 4. The largest absolute Gasteiger partial charge is 0.0879 e. The normalized spacial score (nSPS) is 32.9. The van der Waals surface area contributed by atoms with Crippen molar-refractivity contribution in [2.75, 3.05) is 0 Å². The van der Waals surface area contributed by atoms with E-state index in [4.69, 9.17) is 0 Å². The first-order valence-electron chi connectivity index (χ1n) is 6.83. The zero-order chi connectivity index (χ0) is 12.1. The summed E-state index contributed by atoms with van der Waals surface area (Å²) in [5.74, 6) is 0.925. The highest BCUT2D eigenvalue weighted by atomic mass is 14.8. The maximum atomic E-state index is 2.42. The molecule has 0 heterocycles. The SMILES string of the molecule is CC=C(CC)C(C)(C)CC1C2=C(C)C21CC. The van der Waals surface area contributed by atoms with Crippen LogP contribution in [0.3, 0.4) is 0 Å². The fraction of sp³-hybridized carbons (Fsp3) is 0.750. The van der Waals surface area contributed by atoms with Gasteiger partial charge < -0.3 is 0 Å². The Balaban J connectivity index is 2.02. The molecule has 2 aliphatic rings. The summed E-state index contributed by atoms with van der Waals surface area (Å²) >= 11 is 0. The first kappa shape index (κ1) is 12.0. The van der Waals surface area contributed by atoms with E-state index in [1.807, 2.05) is 5.57 Å². The van der Waals surface area contributed by atoms with Gasteiger partial charge in [0.2, 0.25) is 0 Å². The molecule has 90 valence electrons. The fourth-order valence-electron chi connectivity index (χ4n) is 4.09. The zero-order valence-electron chi connectivity index (χ0n) is 11.8. The van der Waals surface area contributed by atoms with Crippen LogP contribution in [0.25, 0.3) is 0 Å². The molecule has 2 aliphatic carbocycles. The van der Waals surface area contributed by atoms with E-state index in [1.165, 1.54) is 19.3 Å². The van der Waals surface area contributed by atoms with Crippen LogP contribution < -0.4 is 0 Å². The van der Waals surface area contributed by atoms with Gasteiger partial charge in [-0.05, 0) is 44.4 Å². The first-order chi connectivity index (χ1) is 7.45. The van der Waals surface area contributed by atoms with Crippen LogP contribution in [0.1, 0.15) is 60.8 Å². The van der Waals surface area contributed by atoms with Gasteiger partial charge in [0, 0.05) is 5.41 Å². The van der Waals surface area contributed by atoms with E-state index in [0.29, 0.717) is 10.8 Å². The van der Waals surface area contributed by atoms with Crippen LogP contribution in [-0.2, 0) is 0 Å². The Morgan fingerprint density at radius 1 is 1.38 bits per heavy atom. The molecule has 0 aromatic rings. The van der Waals surface area contributed by atoms with Crippen LogP contribution in [0.15, 0.2) is 22.8 Å². The van der Waals surface area contributed by atoms with Gasteiger partial charge >= 0.3 is 0 Å². The first-order valence-corrected chi connectivity index (χ1v) is 6.83. The Bertz CT molecular complexity index is 367. The summed E-state index contributed by atoms with van der Waals surface area (Å²) in [7, 11) is 0. The van der Waals surface area contributed by atoms with Crippen molar-refractivity contribution in [2.45, 2.75) is 60.8 Å². The summed E-state index contributed by atoms with van der Waals surface area (Å²) in [4.78, 5) is 0. The van der Waals surface area contributed by atoms with Crippen LogP contribution in [0, 0.1) is 16.7 Å². The predicted octanol–water partition coefficient (Wildman–Crippen LogP) is 5.12. The summed E-state index contributed by atoms with van der Waals surface area (Å²) in [6.07, 6.45) is 6.23. The predicted molar refractivity (Wildman–Crippen MR) is 71.4 cm³/mol. The molecule has 1 saturated carbocycles. The molecule has 2 unspecified atom stereocenters. The Kier molecular flexibility index (Phi) is 2.60. The summed E-state index contributed by atoms with van der Waals surface area (Å²) in [5.41, 5.74) is 6.19. The second-order valence-corrected chi connectivity index (χ2v) is 6.17. The number of fused-ring (bicyclic) bond motifs is 1. The molecule has 0 aromatic heterocycles. The Morgan fingerprint density at radius 3 is 2.31 bits per heavy atom. The lowest BCUT2D eigenvalue weighted by molar-refractivity contribution is 0.337. The third-order valence-electron chi connectivity index (χ3n) is 5.22. The van der Waals surface area contributed by atoms with Gasteiger partial charge in [0.1, 0.15) is 0 Å². The van der Waals surface area contributed by atoms with Gasteiger partial charge in [-0.15, -0.1) is 0 Å². The van der Waals surface area contributed by atoms with Gasteiger partial charge in [0.05, 0.1) is 0 Å². The molecule has 0 nitrogen and oxygen atoms in total. The van der Waals surface area contributed by atoms with Crippen LogP contribution in [-0.4, -0.2) is 0 Å². The molecule has 2 rings (SSSR count). The molecular weight excluding hydrogens is 192 g/mol. The molecule has 0 radical (unpaired) electrons. The van der Waals surface area contributed by atoms with E-state index in [9.17, 15) is 0 Å². The monoisotopic (exact) mass is 218 g/mol. The fourth-order valence-corrected chi connectivity index (χ4v) is 4.09. The van der Waals surface area contributed by atoms with Crippen LogP contribution in [0.5, 0.6) is 0 Å². The average molecular weight is 218 g/mol. The van der Waals surface area contributed by atoms with Crippen molar-refractivity contribution in [3.63, 3.8) is 0 Å². The summed E-state index contributed by atoms with van der Waals surface area (Å²) < 4.78 is 0. The lowest BCUT2D eigenvalue weighted by Gasteiger charge is -2.29. The molecule has 0 bridgehead atoms. The smallest absolute Gasteiger partial charge is 0.0190 e. The Labute approximate surface area is 101 Å². The quantitative estimate of drug-likeness (QED) is 0.562. The van der Waals surface area contributed by atoms with E-state index in [1.54, 1.807) is 11.1 Å². The molecule has 0 heteroatoms. The summed E-state index contributed by atoms with van der Waals surface area (Å²) in [5, 5.41) is 0. The van der Waals surface area contributed by atoms with E-state index >= 15 is 0 Å². The maximum absolute atomic E-state index is 2.42. The minimum Gasteiger partial charge on any atom is -0.0879 e. The lowest BCUT2D eigenvalue weighted by Crippen LogP contribution is -2.18. The van der Waals surface area contributed by atoms with Crippen molar-refractivity contribution in [1.29, 1.82) is 0 Å². The van der Waals surface area contributed by atoms with Crippen molar-refractivity contribution in [2.24, 2.45) is 16.7 Å². The standard InChI is InChI=1S/C16H26/c1-7-12(8-2)15(5,6)10-13-14-11(4)16(13,14)9-3/h7,13H,8-10H2,1-6H3. The Hall–Kier alpha value is -0.520. The van der Waals surface area contributed by atoms with E-state index in [0.717, 1.165) is 5.92 Å². The molecule has 0 N–H and O–H groups in total. The van der Waals surface area contributed by atoms with Gasteiger partial charge in [0.25, 0.3) is 0 Å². The topological polar surface area (TPSA) is 0 Å². The molecule has 0 saturated heterocycles. The molecular formula is C16H26. The molecule has 1 fully saturated rings. The molecule has 0 aromatic carbocycles. The van der Waals surface area contributed by atoms with Crippen molar-refractivity contribution in [1.82, 2.24) is 0 Å². The van der Waals surface area contributed by atoms with Crippen LogP contribution in [0.2, 0.25) is 0 Å². The minimum atomic E-state index is 0.400. The molecule has 0 spiro atoms. The molecule has 2 atom stereocenters. The van der Waals surface area contributed by atoms with Crippen molar-refractivity contribution < 1.29 is 0 Å². The second kappa shape index (κ2) is 3.48. The summed E-state index contributed by atoms with van der Waals surface area (Å²) in [6, 6.07) is 0. The second-order valence-electron chi connectivity index (χ2n) is 6.17. The van der Waals surface area contributed by atoms with Crippen molar-refractivity contribution >= 4 is 0 Å². The average Bonchev–Trinajstić information content (AvgIpc) is 3.06. The third kappa shape index (κ3) is 1.35. The zero-order valence-corrected chi connectivity index (χ0v) is 11.8. The Morgan fingerprint density at radius 2 is 2.00 bits per heavy atom. The van der Waals surface area contributed by atoms with Crippen LogP contribution >= 0.6 is 0 Å². The van der Waals surface area contributed by atoms with Crippen molar-refractivity contribution in [3.8, 4) is 0 Å². The highest BCUT2D eigenvalue weighted by Crippen LogP contribution is 2.82. The van der Waals surface area contributed by atoms with Gasteiger partial charge in [-0.25, -0.2) is 0 Å². The molecule has 0 aliphatic heterocycles. The van der Waals surface area contributed by atoms with Gasteiger partial charge in [-0.1, -0.05) is 50.5 Å². The van der Waals surface area contributed by atoms with Gasteiger partial charge in [-0.2, -0.15) is 0 Å². The van der Waals surface area contributed by atoms with E-state index in [-0.39, 0.29) is 0 Å². The highest BCUT2D eigenvalue weighted by molar-refractivity contribution is 5.66. The number of hydrogen-bond acceptors (Lipinski definition) is 0. The summed E-state index contributed by atoms with van der Waals surface area (Å²) in [6.45, 7) is 14.0. The highest BCUT2D eigenvalue weighted by Gasteiger charge is 2.72. The molecule has 0 amide bonds. The minimum absolute atomic E-state index is 0.400. The lowest BCUT2D eigenvalue weighted by atomic mass is 9.75. The third-order valence-corrected chi connectivity index (χ3v) is 5.22. The van der Waals surface area contributed by atoms with E-state index < -0.39 is 0 Å².